The van der Waals surface area contributed by atoms with E-state index >= 15 is 0 Å². The number of anilines is 2. The van der Waals surface area contributed by atoms with Crippen LogP contribution in [-0.4, -0.2) is 53.8 Å². The highest BCUT2D eigenvalue weighted by molar-refractivity contribution is 7.98. The van der Waals surface area contributed by atoms with E-state index in [0.717, 1.165) is 36.4 Å². The van der Waals surface area contributed by atoms with Gasteiger partial charge in [-0.3, -0.25) is 0 Å². The molecule has 0 spiro atoms. The predicted octanol–water partition coefficient (Wildman–Crippen LogP) is 2.38. The Bertz CT molecular complexity index is 359. The van der Waals surface area contributed by atoms with Crippen LogP contribution in [0.25, 0.3) is 0 Å². The lowest BCUT2D eigenvalue weighted by molar-refractivity contribution is 0.294. The smallest absolute Gasteiger partial charge is 0.191 e. The van der Waals surface area contributed by atoms with E-state index < -0.39 is 0 Å². The van der Waals surface area contributed by atoms with Crippen LogP contribution >= 0.6 is 11.8 Å². The van der Waals surface area contributed by atoms with Gasteiger partial charge in [0.25, 0.3) is 0 Å². The summed E-state index contributed by atoms with van der Waals surface area (Å²) in [6, 6.07) is 2.30. The van der Waals surface area contributed by atoms with Crippen molar-refractivity contribution in [3.05, 3.63) is 6.07 Å². The molecule has 1 heterocycles. The molecular weight excluding hydrogens is 258 g/mol. The third-order valence-electron chi connectivity index (χ3n) is 2.97. The fourth-order valence-corrected chi connectivity index (χ4v) is 2.26. The monoisotopic (exact) mass is 283 g/mol. The molecule has 0 fully saturated rings. The zero-order valence-corrected chi connectivity index (χ0v) is 13.3. The van der Waals surface area contributed by atoms with E-state index in [2.05, 4.69) is 46.3 Å². The lowest BCUT2D eigenvalue weighted by Crippen LogP contribution is -2.35. The van der Waals surface area contributed by atoms with Crippen LogP contribution in [0.3, 0.4) is 0 Å². The van der Waals surface area contributed by atoms with E-state index in [1.54, 1.807) is 11.8 Å². The molecule has 6 heteroatoms. The van der Waals surface area contributed by atoms with Gasteiger partial charge in [0.15, 0.2) is 5.16 Å². The number of aromatic nitrogens is 2. The molecule has 0 aliphatic carbocycles. The van der Waals surface area contributed by atoms with Crippen LogP contribution in [0.15, 0.2) is 11.2 Å². The van der Waals surface area contributed by atoms with Gasteiger partial charge in [-0.25, -0.2) is 9.97 Å². The van der Waals surface area contributed by atoms with Crippen LogP contribution in [0.1, 0.15) is 20.8 Å². The third kappa shape index (κ3) is 5.24. The zero-order chi connectivity index (χ0) is 14.3. The Hall–Kier alpha value is -1.01. The van der Waals surface area contributed by atoms with E-state index in [0.29, 0.717) is 6.04 Å². The van der Waals surface area contributed by atoms with Crippen molar-refractivity contribution in [3.63, 3.8) is 0 Å². The first-order valence-corrected chi connectivity index (χ1v) is 7.95. The van der Waals surface area contributed by atoms with Gasteiger partial charge < -0.3 is 15.5 Å². The predicted molar refractivity (Wildman–Crippen MR) is 84.2 cm³/mol. The standard InChI is InChI=1S/C13H25N5S/c1-6-18(7-2)9-10(3)15-12-8-11(14-4)16-13(17-12)19-5/h8,10H,6-7,9H2,1-5H3,(H2,14,15,16,17). The van der Waals surface area contributed by atoms with Crippen molar-refractivity contribution in [2.45, 2.75) is 32.0 Å². The van der Waals surface area contributed by atoms with E-state index in [4.69, 9.17) is 0 Å². The third-order valence-corrected chi connectivity index (χ3v) is 3.51. The molecule has 19 heavy (non-hydrogen) atoms. The second-order valence-corrected chi connectivity index (χ2v) is 5.18. The summed E-state index contributed by atoms with van der Waals surface area (Å²) in [5.41, 5.74) is 0. The van der Waals surface area contributed by atoms with Crippen LogP contribution < -0.4 is 10.6 Å². The zero-order valence-electron chi connectivity index (χ0n) is 12.5. The maximum Gasteiger partial charge on any atom is 0.191 e. The molecule has 5 nitrogen and oxygen atoms in total. The van der Waals surface area contributed by atoms with E-state index in [9.17, 15) is 0 Å². The van der Waals surface area contributed by atoms with Gasteiger partial charge in [-0.2, -0.15) is 0 Å². The highest BCUT2D eigenvalue weighted by Crippen LogP contribution is 2.17. The second-order valence-electron chi connectivity index (χ2n) is 4.41. The Morgan fingerprint density at radius 2 is 1.89 bits per heavy atom. The van der Waals surface area contributed by atoms with Crippen molar-refractivity contribution >= 4 is 23.4 Å². The summed E-state index contributed by atoms with van der Waals surface area (Å²) in [4.78, 5) is 11.2. The molecule has 1 aromatic heterocycles. The minimum Gasteiger partial charge on any atom is -0.373 e. The molecule has 0 aliphatic heterocycles. The van der Waals surface area contributed by atoms with E-state index in [1.807, 2.05) is 19.4 Å². The maximum absolute atomic E-state index is 4.48. The van der Waals surface area contributed by atoms with Gasteiger partial charge in [-0.1, -0.05) is 25.6 Å². The number of thioether (sulfide) groups is 1. The SMILES string of the molecule is CCN(CC)CC(C)Nc1cc(NC)nc(SC)n1. The van der Waals surface area contributed by atoms with Crippen LogP contribution in [0.2, 0.25) is 0 Å². The Morgan fingerprint density at radius 3 is 2.42 bits per heavy atom. The summed E-state index contributed by atoms with van der Waals surface area (Å²) < 4.78 is 0. The Balaban J connectivity index is 2.69. The van der Waals surface area contributed by atoms with Gasteiger partial charge in [-0.15, -0.1) is 0 Å². The second kappa shape index (κ2) is 8.22. The average Bonchev–Trinajstić information content (AvgIpc) is 2.44. The fraction of sp³-hybridized carbons (Fsp3) is 0.692. The molecule has 108 valence electrons. The van der Waals surface area contributed by atoms with Gasteiger partial charge in [0.2, 0.25) is 0 Å². The van der Waals surface area contributed by atoms with Gasteiger partial charge in [0.05, 0.1) is 0 Å². The highest BCUT2D eigenvalue weighted by Gasteiger charge is 2.09. The molecule has 0 amide bonds. The minimum absolute atomic E-state index is 0.356. The number of likely N-dealkylation sites (N-methyl/N-ethyl adjacent to an activating group) is 1. The normalized spacial score (nSPS) is 12.5. The maximum atomic E-state index is 4.48. The van der Waals surface area contributed by atoms with E-state index in [-0.39, 0.29) is 0 Å². The molecule has 0 saturated carbocycles. The van der Waals surface area contributed by atoms with Crippen LogP contribution in [0.5, 0.6) is 0 Å². The number of hydrogen-bond donors (Lipinski definition) is 2. The molecular formula is C13H25N5S. The van der Waals surface area contributed by atoms with Crippen molar-refractivity contribution in [2.75, 3.05) is 43.6 Å². The van der Waals surface area contributed by atoms with Crippen LogP contribution in [0, 0.1) is 0 Å². The fourth-order valence-electron chi connectivity index (χ4n) is 1.89. The summed E-state index contributed by atoms with van der Waals surface area (Å²) in [7, 11) is 1.87. The summed E-state index contributed by atoms with van der Waals surface area (Å²) in [5.74, 6) is 1.72. The largest absolute Gasteiger partial charge is 0.373 e. The number of hydrogen-bond acceptors (Lipinski definition) is 6. The Labute approximate surface area is 120 Å². The summed E-state index contributed by atoms with van der Waals surface area (Å²) in [5, 5.41) is 7.29. The summed E-state index contributed by atoms with van der Waals surface area (Å²) >= 11 is 1.55. The van der Waals surface area contributed by atoms with Crippen molar-refractivity contribution in [1.82, 2.24) is 14.9 Å². The minimum atomic E-state index is 0.356. The van der Waals surface area contributed by atoms with Crippen molar-refractivity contribution in [3.8, 4) is 0 Å². The van der Waals surface area contributed by atoms with E-state index in [1.165, 1.54) is 0 Å². The molecule has 1 atom stereocenters. The molecule has 0 saturated heterocycles. The lowest BCUT2D eigenvalue weighted by atomic mass is 10.3. The summed E-state index contributed by atoms with van der Waals surface area (Å²) in [6.45, 7) is 9.71. The van der Waals surface area contributed by atoms with Crippen molar-refractivity contribution in [1.29, 1.82) is 0 Å². The van der Waals surface area contributed by atoms with Crippen molar-refractivity contribution < 1.29 is 0 Å². The van der Waals surface area contributed by atoms with Gasteiger partial charge >= 0.3 is 0 Å². The van der Waals surface area contributed by atoms with Crippen LogP contribution in [-0.2, 0) is 0 Å². The average molecular weight is 283 g/mol. The summed E-state index contributed by atoms with van der Waals surface area (Å²) in [6.07, 6.45) is 1.98. The first kappa shape index (κ1) is 16.0. The molecule has 0 radical (unpaired) electrons. The quantitative estimate of drug-likeness (QED) is 0.564. The van der Waals surface area contributed by atoms with Gasteiger partial charge in [-0.05, 0) is 26.3 Å². The lowest BCUT2D eigenvalue weighted by Gasteiger charge is -2.23. The molecule has 1 unspecified atom stereocenters. The highest BCUT2D eigenvalue weighted by atomic mass is 32.2. The number of nitrogens with zero attached hydrogens (tertiary/aromatic N) is 3. The molecule has 0 bridgehead atoms. The number of rotatable bonds is 8. The van der Waals surface area contributed by atoms with Crippen LogP contribution in [0.4, 0.5) is 11.6 Å². The Morgan fingerprint density at radius 1 is 1.26 bits per heavy atom. The Kier molecular flexibility index (Phi) is 6.94. The molecule has 0 aliphatic rings. The molecule has 1 aromatic rings. The molecule has 2 N–H and O–H groups in total. The molecule has 1 rings (SSSR count). The molecule has 0 aromatic carbocycles. The first-order valence-electron chi connectivity index (χ1n) is 6.72. The first-order chi connectivity index (χ1) is 9.12. The number of nitrogens with one attached hydrogen (secondary N) is 2. The van der Waals surface area contributed by atoms with Gasteiger partial charge in [0, 0.05) is 25.7 Å². The van der Waals surface area contributed by atoms with Crippen molar-refractivity contribution in [2.24, 2.45) is 0 Å². The van der Waals surface area contributed by atoms with Gasteiger partial charge in [0.1, 0.15) is 11.6 Å². The topological polar surface area (TPSA) is 53.1 Å².